The Bertz CT molecular complexity index is 327. The molecule has 1 aliphatic heterocycles. The summed E-state index contributed by atoms with van der Waals surface area (Å²) in [6, 6.07) is -0.342. The van der Waals surface area contributed by atoms with E-state index in [0.717, 1.165) is 12.2 Å². The normalized spacial score (nSPS) is 22.5. The maximum atomic E-state index is 11.9. The van der Waals surface area contributed by atoms with Gasteiger partial charge in [0, 0.05) is 17.8 Å². The standard InChI is InChI=1S/C12H20N2O3S/c1-3-6-14(8-10(15)16)11(17)13-9-12(2)5-4-7-18-12/h3H,1,4-9H2,2H3,(H,13,17)(H,15,16). The maximum absolute atomic E-state index is 11.9. The number of aliphatic carboxylic acids is 1. The van der Waals surface area contributed by atoms with Crippen LogP contribution in [0.1, 0.15) is 19.8 Å². The summed E-state index contributed by atoms with van der Waals surface area (Å²) in [5, 5.41) is 11.5. The molecule has 0 aromatic carbocycles. The van der Waals surface area contributed by atoms with Gasteiger partial charge in [-0.1, -0.05) is 6.08 Å². The molecule has 2 amide bonds. The lowest BCUT2D eigenvalue weighted by atomic mass is 10.1. The summed E-state index contributed by atoms with van der Waals surface area (Å²) < 4.78 is 0.0821. The molecule has 1 unspecified atom stereocenters. The monoisotopic (exact) mass is 272 g/mol. The number of nitrogens with one attached hydrogen (secondary N) is 1. The van der Waals surface area contributed by atoms with Gasteiger partial charge in [-0.2, -0.15) is 11.8 Å². The van der Waals surface area contributed by atoms with Crippen LogP contribution in [0.25, 0.3) is 0 Å². The van der Waals surface area contributed by atoms with E-state index in [2.05, 4.69) is 18.8 Å². The van der Waals surface area contributed by atoms with E-state index in [1.165, 1.54) is 17.4 Å². The SMILES string of the molecule is C=CCN(CC(=O)O)C(=O)NCC1(C)CCCS1. The lowest BCUT2D eigenvalue weighted by molar-refractivity contribution is -0.137. The fraction of sp³-hybridized carbons (Fsp3) is 0.667. The van der Waals surface area contributed by atoms with Crippen LogP contribution in [-0.2, 0) is 4.79 Å². The van der Waals surface area contributed by atoms with Crippen molar-refractivity contribution in [1.29, 1.82) is 0 Å². The fourth-order valence-corrected chi connectivity index (χ4v) is 3.13. The zero-order chi connectivity index (χ0) is 13.6. The minimum Gasteiger partial charge on any atom is -0.480 e. The van der Waals surface area contributed by atoms with Crippen LogP contribution in [0.15, 0.2) is 12.7 Å². The average Bonchev–Trinajstić information content (AvgIpc) is 2.72. The third-order valence-corrected chi connectivity index (χ3v) is 4.42. The summed E-state index contributed by atoms with van der Waals surface area (Å²) in [4.78, 5) is 23.7. The van der Waals surface area contributed by atoms with Gasteiger partial charge in [-0.05, 0) is 25.5 Å². The third-order valence-electron chi connectivity index (χ3n) is 2.88. The van der Waals surface area contributed by atoms with Crippen molar-refractivity contribution < 1.29 is 14.7 Å². The Morgan fingerprint density at radius 1 is 1.61 bits per heavy atom. The van der Waals surface area contributed by atoms with Crippen LogP contribution in [0, 0.1) is 0 Å². The number of carbonyl (C=O) groups excluding carboxylic acids is 1. The second-order valence-corrected chi connectivity index (χ2v) is 6.31. The van der Waals surface area contributed by atoms with Gasteiger partial charge in [0.05, 0.1) is 0 Å². The molecule has 102 valence electrons. The minimum absolute atomic E-state index is 0.0821. The van der Waals surface area contributed by atoms with E-state index < -0.39 is 5.97 Å². The second kappa shape index (κ2) is 6.68. The Balaban J connectivity index is 2.45. The van der Waals surface area contributed by atoms with Crippen LogP contribution in [0.4, 0.5) is 4.79 Å². The van der Waals surface area contributed by atoms with Crippen LogP contribution in [0.5, 0.6) is 0 Å². The van der Waals surface area contributed by atoms with E-state index >= 15 is 0 Å². The summed E-state index contributed by atoms with van der Waals surface area (Å²) >= 11 is 1.86. The third kappa shape index (κ3) is 4.60. The van der Waals surface area contributed by atoms with Crippen molar-refractivity contribution >= 4 is 23.8 Å². The number of urea groups is 1. The Labute approximate surface area is 112 Å². The first-order valence-electron chi connectivity index (χ1n) is 5.96. The Hall–Kier alpha value is -1.17. The molecule has 6 heteroatoms. The molecule has 1 aliphatic rings. The number of amides is 2. The number of hydrogen-bond donors (Lipinski definition) is 2. The van der Waals surface area contributed by atoms with E-state index in [1.807, 2.05) is 11.8 Å². The predicted octanol–water partition coefficient (Wildman–Crippen LogP) is 1.55. The topological polar surface area (TPSA) is 69.6 Å². The van der Waals surface area contributed by atoms with Gasteiger partial charge in [-0.15, -0.1) is 6.58 Å². The van der Waals surface area contributed by atoms with E-state index in [-0.39, 0.29) is 23.9 Å². The molecule has 0 radical (unpaired) electrons. The molecule has 0 saturated carbocycles. The van der Waals surface area contributed by atoms with E-state index in [0.29, 0.717) is 6.54 Å². The minimum atomic E-state index is -1.02. The summed E-state index contributed by atoms with van der Waals surface area (Å²) in [5.41, 5.74) is 0. The molecule has 0 bridgehead atoms. The smallest absolute Gasteiger partial charge is 0.323 e. The molecule has 1 fully saturated rings. The molecule has 0 aromatic rings. The Kier molecular flexibility index (Phi) is 5.53. The molecule has 1 heterocycles. The summed E-state index contributed by atoms with van der Waals surface area (Å²) in [5.74, 6) is 0.103. The van der Waals surface area contributed by atoms with Crippen LogP contribution in [0.2, 0.25) is 0 Å². The van der Waals surface area contributed by atoms with Gasteiger partial charge in [-0.25, -0.2) is 4.79 Å². The van der Waals surface area contributed by atoms with Crippen LogP contribution < -0.4 is 5.32 Å². The van der Waals surface area contributed by atoms with Crippen molar-refractivity contribution in [2.45, 2.75) is 24.5 Å². The summed E-state index contributed by atoms with van der Waals surface area (Å²) in [6.45, 7) is 6.16. The number of rotatable bonds is 6. The molecule has 1 rings (SSSR count). The molecular formula is C12H20N2O3S. The summed E-state index contributed by atoms with van der Waals surface area (Å²) in [6.07, 6.45) is 3.77. The molecule has 5 nitrogen and oxygen atoms in total. The Morgan fingerprint density at radius 2 is 2.33 bits per heavy atom. The lowest BCUT2D eigenvalue weighted by Gasteiger charge is -2.26. The van der Waals surface area contributed by atoms with Crippen molar-refractivity contribution in [3.05, 3.63) is 12.7 Å². The van der Waals surface area contributed by atoms with Crippen molar-refractivity contribution in [2.75, 3.05) is 25.4 Å². The molecule has 0 spiro atoms. The van der Waals surface area contributed by atoms with E-state index in [1.54, 1.807) is 0 Å². The number of carboxylic acids is 1. The quantitative estimate of drug-likeness (QED) is 0.720. The molecule has 18 heavy (non-hydrogen) atoms. The molecule has 1 saturated heterocycles. The molecule has 1 atom stereocenters. The number of hydrogen-bond acceptors (Lipinski definition) is 3. The molecule has 0 aromatic heterocycles. The number of carboxylic acid groups (broad SMARTS) is 1. The fourth-order valence-electron chi connectivity index (χ4n) is 1.89. The molecule has 2 N–H and O–H groups in total. The number of nitrogens with zero attached hydrogens (tertiary/aromatic N) is 1. The van der Waals surface area contributed by atoms with Crippen LogP contribution in [0.3, 0.4) is 0 Å². The van der Waals surface area contributed by atoms with Crippen LogP contribution in [-0.4, -0.2) is 52.1 Å². The van der Waals surface area contributed by atoms with Gasteiger partial charge in [0.1, 0.15) is 6.54 Å². The first-order chi connectivity index (χ1) is 8.47. The van der Waals surface area contributed by atoms with E-state index in [9.17, 15) is 9.59 Å². The first kappa shape index (κ1) is 14.9. The van der Waals surface area contributed by atoms with Gasteiger partial charge >= 0.3 is 12.0 Å². The van der Waals surface area contributed by atoms with Gasteiger partial charge in [0.25, 0.3) is 0 Å². The van der Waals surface area contributed by atoms with Crippen LogP contribution >= 0.6 is 11.8 Å². The van der Waals surface area contributed by atoms with Crippen molar-refractivity contribution in [2.24, 2.45) is 0 Å². The van der Waals surface area contributed by atoms with Gasteiger partial charge < -0.3 is 15.3 Å². The zero-order valence-electron chi connectivity index (χ0n) is 10.6. The second-order valence-electron chi connectivity index (χ2n) is 4.62. The maximum Gasteiger partial charge on any atom is 0.323 e. The number of thioether (sulfide) groups is 1. The molecule has 0 aliphatic carbocycles. The number of carbonyl (C=O) groups is 2. The van der Waals surface area contributed by atoms with Gasteiger partial charge in [0.2, 0.25) is 0 Å². The van der Waals surface area contributed by atoms with Crippen molar-refractivity contribution in [1.82, 2.24) is 10.2 Å². The van der Waals surface area contributed by atoms with Crippen molar-refractivity contribution in [3.63, 3.8) is 0 Å². The highest BCUT2D eigenvalue weighted by molar-refractivity contribution is 8.00. The van der Waals surface area contributed by atoms with E-state index in [4.69, 9.17) is 5.11 Å². The summed E-state index contributed by atoms with van der Waals surface area (Å²) in [7, 11) is 0. The Morgan fingerprint density at radius 3 is 2.83 bits per heavy atom. The highest BCUT2D eigenvalue weighted by Gasteiger charge is 2.30. The predicted molar refractivity (Wildman–Crippen MR) is 72.9 cm³/mol. The van der Waals surface area contributed by atoms with Gasteiger partial charge in [-0.3, -0.25) is 4.79 Å². The highest BCUT2D eigenvalue weighted by Crippen LogP contribution is 2.36. The van der Waals surface area contributed by atoms with Crippen molar-refractivity contribution in [3.8, 4) is 0 Å². The highest BCUT2D eigenvalue weighted by atomic mass is 32.2. The largest absolute Gasteiger partial charge is 0.480 e. The first-order valence-corrected chi connectivity index (χ1v) is 6.95. The lowest BCUT2D eigenvalue weighted by Crippen LogP contribution is -2.46. The molecular weight excluding hydrogens is 252 g/mol. The van der Waals surface area contributed by atoms with Gasteiger partial charge in [0.15, 0.2) is 0 Å². The zero-order valence-corrected chi connectivity index (χ0v) is 11.5. The average molecular weight is 272 g/mol.